The molecule has 9 nitrogen and oxygen atoms in total. The average molecular weight is 539 g/mol. The van der Waals surface area contributed by atoms with E-state index < -0.39 is 4.92 Å². The number of aromatic amines is 1. The summed E-state index contributed by atoms with van der Waals surface area (Å²) in [5.41, 5.74) is 9.35. The van der Waals surface area contributed by atoms with Crippen LogP contribution in [0.25, 0.3) is 44.5 Å². The van der Waals surface area contributed by atoms with E-state index in [0.717, 1.165) is 16.7 Å². The molecule has 0 radical (unpaired) electrons. The van der Waals surface area contributed by atoms with Crippen molar-refractivity contribution >= 4 is 28.7 Å². The molecule has 0 saturated carbocycles. The fourth-order valence-corrected chi connectivity index (χ4v) is 4.57. The van der Waals surface area contributed by atoms with Gasteiger partial charge in [0.15, 0.2) is 0 Å². The number of hydrazone groups is 1. The predicted octanol–water partition coefficient (Wildman–Crippen LogP) is 6.63. The van der Waals surface area contributed by atoms with Crippen LogP contribution in [0.4, 0.5) is 5.69 Å². The summed E-state index contributed by atoms with van der Waals surface area (Å²) in [6, 6.07) is 33.5. The third-order valence-corrected chi connectivity index (χ3v) is 6.64. The molecule has 1 amide bonds. The molecule has 0 unspecified atom stereocenters. The van der Waals surface area contributed by atoms with Gasteiger partial charge in [-0.3, -0.25) is 20.0 Å². The highest BCUT2D eigenvalue weighted by Gasteiger charge is 2.15. The summed E-state index contributed by atoms with van der Waals surface area (Å²) in [7, 11) is 0. The summed E-state index contributed by atoms with van der Waals surface area (Å²) in [6.45, 7) is 0. The van der Waals surface area contributed by atoms with E-state index in [1.165, 1.54) is 18.3 Å². The fourth-order valence-electron chi connectivity index (χ4n) is 4.57. The maximum atomic E-state index is 13.3. The average Bonchev–Trinajstić information content (AvgIpc) is 3.49. The number of H-pyrrole nitrogens is 1. The molecule has 2 aromatic heterocycles. The Morgan fingerprint density at radius 3 is 2.24 bits per heavy atom. The van der Waals surface area contributed by atoms with Gasteiger partial charge in [0.05, 0.1) is 27.9 Å². The zero-order valence-electron chi connectivity index (χ0n) is 21.6. The molecule has 0 aliphatic heterocycles. The van der Waals surface area contributed by atoms with Gasteiger partial charge in [-0.1, -0.05) is 72.8 Å². The van der Waals surface area contributed by atoms with Crippen molar-refractivity contribution in [3.05, 3.63) is 137 Å². The number of carbonyl (C=O) groups is 1. The van der Waals surface area contributed by atoms with E-state index in [4.69, 9.17) is 4.98 Å². The van der Waals surface area contributed by atoms with Crippen LogP contribution in [0.2, 0.25) is 0 Å². The number of pyridine rings is 1. The number of amides is 1. The van der Waals surface area contributed by atoms with Crippen LogP contribution in [-0.4, -0.2) is 32.2 Å². The lowest BCUT2D eigenvalue weighted by atomic mass is 10.0. The normalized spacial score (nSPS) is 11.1. The summed E-state index contributed by atoms with van der Waals surface area (Å²) < 4.78 is 0. The molecule has 0 aliphatic rings. The van der Waals surface area contributed by atoms with Crippen LogP contribution in [0.15, 0.2) is 120 Å². The van der Waals surface area contributed by atoms with Gasteiger partial charge in [-0.25, -0.2) is 10.4 Å². The second-order valence-electron chi connectivity index (χ2n) is 9.21. The van der Waals surface area contributed by atoms with Gasteiger partial charge in [0.2, 0.25) is 0 Å². The summed E-state index contributed by atoms with van der Waals surface area (Å²) in [4.78, 5) is 28.6. The highest BCUT2D eigenvalue weighted by atomic mass is 16.6. The maximum Gasteiger partial charge on any atom is 0.272 e. The molecular weight excluding hydrogens is 516 g/mol. The fraction of sp³-hybridized carbons (Fsp3) is 0. The number of non-ortho nitro benzene ring substituents is 1. The van der Waals surface area contributed by atoms with E-state index >= 15 is 0 Å². The topological polar surface area (TPSA) is 126 Å². The summed E-state index contributed by atoms with van der Waals surface area (Å²) in [6.07, 6.45) is 3.11. The first-order valence-corrected chi connectivity index (χ1v) is 12.7. The van der Waals surface area contributed by atoms with Crippen molar-refractivity contribution in [3.8, 4) is 33.6 Å². The van der Waals surface area contributed by atoms with Gasteiger partial charge in [-0.2, -0.15) is 10.2 Å². The van der Waals surface area contributed by atoms with Crippen LogP contribution < -0.4 is 5.43 Å². The smallest absolute Gasteiger partial charge is 0.272 e. The molecule has 0 saturated heterocycles. The first kappa shape index (κ1) is 25.3. The van der Waals surface area contributed by atoms with Gasteiger partial charge < -0.3 is 0 Å². The number of para-hydroxylation sites is 1. The number of carbonyl (C=O) groups excluding carboxylic acids is 1. The Bertz CT molecular complexity index is 1900. The van der Waals surface area contributed by atoms with Crippen molar-refractivity contribution in [2.45, 2.75) is 0 Å². The van der Waals surface area contributed by atoms with E-state index in [2.05, 4.69) is 32.9 Å². The van der Waals surface area contributed by atoms with Crippen molar-refractivity contribution in [1.29, 1.82) is 0 Å². The molecule has 0 atom stereocenters. The molecule has 0 spiro atoms. The quantitative estimate of drug-likeness (QED) is 0.134. The SMILES string of the molecule is O=C(N/N=C/c1c[nH]nc1-c1ccc([N+](=O)[O-])cc1)c1cc(-c2ccc(-c3ccccc3)cc2)nc2ccccc12. The van der Waals surface area contributed by atoms with Gasteiger partial charge in [0.1, 0.15) is 5.69 Å². The third-order valence-electron chi connectivity index (χ3n) is 6.64. The standard InChI is InChI=1S/C32H22N6O3/c39-32(37-34-20-25-19-33-36-31(25)24-14-16-26(17-15-24)38(40)41)28-18-30(35-29-9-5-4-8-27(28)29)23-12-10-22(11-13-23)21-6-2-1-3-7-21/h1-20H,(H,33,36)(H,37,39)/b34-20+. The van der Waals surface area contributed by atoms with Crippen LogP contribution in [0.5, 0.6) is 0 Å². The zero-order chi connectivity index (χ0) is 28.2. The minimum absolute atomic E-state index is 0.0112. The number of nitro benzene ring substituents is 1. The number of hydrogen-bond acceptors (Lipinski definition) is 6. The second kappa shape index (κ2) is 11.0. The molecule has 0 aliphatic carbocycles. The highest BCUT2D eigenvalue weighted by molar-refractivity contribution is 6.07. The van der Waals surface area contributed by atoms with Crippen LogP contribution in [0.3, 0.4) is 0 Å². The number of rotatable bonds is 7. The Balaban J connectivity index is 1.26. The maximum absolute atomic E-state index is 13.3. The molecule has 0 bridgehead atoms. The van der Waals surface area contributed by atoms with Crippen molar-refractivity contribution in [3.63, 3.8) is 0 Å². The summed E-state index contributed by atoms with van der Waals surface area (Å²) in [5.74, 6) is -0.387. The number of benzene rings is 4. The molecule has 198 valence electrons. The van der Waals surface area contributed by atoms with Gasteiger partial charge in [-0.05, 0) is 35.4 Å². The molecule has 9 heteroatoms. The Hall–Kier alpha value is -5.96. The Labute approximate surface area is 234 Å². The Morgan fingerprint density at radius 1 is 0.829 bits per heavy atom. The number of aromatic nitrogens is 3. The van der Waals surface area contributed by atoms with E-state index in [0.29, 0.717) is 39.0 Å². The van der Waals surface area contributed by atoms with Crippen molar-refractivity contribution in [2.75, 3.05) is 0 Å². The minimum atomic E-state index is -0.458. The van der Waals surface area contributed by atoms with Gasteiger partial charge in [0, 0.05) is 40.4 Å². The minimum Gasteiger partial charge on any atom is -0.284 e. The third kappa shape index (κ3) is 5.32. The number of nitro groups is 1. The Morgan fingerprint density at radius 2 is 1.49 bits per heavy atom. The molecular formula is C32H22N6O3. The molecule has 41 heavy (non-hydrogen) atoms. The highest BCUT2D eigenvalue weighted by Crippen LogP contribution is 2.28. The molecule has 2 heterocycles. The molecule has 6 rings (SSSR count). The largest absolute Gasteiger partial charge is 0.284 e. The second-order valence-corrected chi connectivity index (χ2v) is 9.21. The van der Waals surface area contributed by atoms with Crippen LogP contribution in [0, 0.1) is 10.1 Å². The molecule has 4 aromatic carbocycles. The zero-order valence-corrected chi connectivity index (χ0v) is 21.6. The molecule has 6 aromatic rings. The first-order chi connectivity index (χ1) is 20.1. The number of nitrogens with zero attached hydrogens (tertiary/aromatic N) is 4. The predicted molar refractivity (Wildman–Crippen MR) is 158 cm³/mol. The van der Waals surface area contributed by atoms with Crippen molar-refractivity contribution in [1.82, 2.24) is 20.6 Å². The van der Waals surface area contributed by atoms with E-state index in [9.17, 15) is 14.9 Å². The Kier molecular flexibility index (Phi) is 6.81. The van der Waals surface area contributed by atoms with E-state index in [-0.39, 0.29) is 11.6 Å². The van der Waals surface area contributed by atoms with E-state index in [1.54, 1.807) is 24.4 Å². The van der Waals surface area contributed by atoms with Gasteiger partial charge >= 0.3 is 0 Å². The van der Waals surface area contributed by atoms with Crippen LogP contribution >= 0.6 is 0 Å². The number of fused-ring (bicyclic) bond motifs is 1. The lowest BCUT2D eigenvalue weighted by Crippen LogP contribution is -2.18. The van der Waals surface area contributed by atoms with Crippen LogP contribution in [0.1, 0.15) is 15.9 Å². The molecule has 0 fully saturated rings. The summed E-state index contributed by atoms with van der Waals surface area (Å²) >= 11 is 0. The van der Waals surface area contributed by atoms with Crippen LogP contribution in [-0.2, 0) is 0 Å². The van der Waals surface area contributed by atoms with Crippen molar-refractivity contribution < 1.29 is 9.72 Å². The van der Waals surface area contributed by atoms with Gasteiger partial charge in [0.25, 0.3) is 11.6 Å². The van der Waals surface area contributed by atoms with E-state index in [1.807, 2.05) is 66.7 Å². The summed E-state index contributed by atoms with van der Waals surface area (Å²) in [5, 5.41) is 22.8. The van der Waals surface area contributed by atoms with Crippen molar-refractivity contribution in [2.24, 2.45) is 5.10 Å². The number of nitrogens with one attached hydrogen (secondary N) is 2. The molecule has 2 N–H and O–H groups in total. The monoisotopic (exact) mass is 538 g/mol. The van der Waals surface area contributed by atoms with Gasteiger partial charge in [-0.15, -0.1) is 0 Å². The lowest BCUT2D eigenvalue weighted by Gasteiger charge is -2.10. The first-order valence-electron chi connectivity index (χ1n) is 12.7. The lowest BCUT2D eigenvalue weighted by molar-refractivity contribution is -0.384. The number of hydrogen-bond donors (Lipinski definition) is 2.